The average molecular weight is 416 g/mol. The summed E-state index contributed by atoms with van der Waals surface area (Å²) in [5.74, 6) is 0. The highest BCUT2D eigenvalue weighted by Gasteiger charge is 2.15. The number of rotatable bonds is 7. The van der Waals surface area contributed by atoms with Crippen LogP contribution >= 0.6 is 11.3 Å². The number of nitrogens with two attached hydrogens (primary N) is 1. The second-order valence-corrected chi connectivity index (χ2v) is 8.83. The zero-order chi connectivity index (χ0) is 20.0. The number of thiophene rings is 1. The molecule has 0 aliphatic carbocycles. The van der Waals surface area contributed by atoms with Gasteiger partial charge in [0.25, 0.3) is 0 Å². The third kappa shape index (κ3) is 5.66. The normalized spacial score (nSPS) is 11.2. The second-order valence-electron chi connectivity index (χ2n) is 6.24. The van der Waals surface area contributed by atoms with E-state index >= 15 is 0 Å². The molecule has 0 aliphatic heterocycles. The van der Waals surface area contributed by atoms with E-state index in [9.17, 15) is 13.2 Å². The molecule has 1 heterocycles. The van der Waals surface area contributed by atoms with Crippen molar-refractivity contribution < 1.29 is 13.2 Å². The van der Waals surface area contributed by atoms with Gasteiger partial charge in [-0.15, -0.1) is 11.3 Å². The summed E-state index contributed by atoms with van der Waals surface area (Å²) in [6, 6.07) is 19.5. The van der Waals surface area contributed by atoms with Crippen LogP contribution in [0.3, 0.4) is 0 Å². The molecule has 2 aromatic carbocycles. The lowest BCUT2D eigenvalue weighted by Gasteiger charge is -2.23. The lowest BCUT2D eigenvalue weighted by atomic mass is 10.1. The lowest BCUT2D eigenvalue weighted by Crippen LogP contribution is -2.35. The fourth-order valence-corrected chi connectivity index (χ4v) is 3.92. The first-order chi connectivity index (χ1) is 13.4. The van der Waals surface area contributed by atoms with Gasteiger partial charge in [-0.3, -0.25) is 0 Å². The van der Waals surface area contributed by atoms with Crippen molar-refractivity contribution in [3.05, 3.63) is 82.6 Å². The van der Waals surface area contributed by atoms with Gasteiger partial charge in [0.1, 0.15) is 0 Å². The van der Waals surface area contributed by atoms with Crippen LogP contribution in [0.4, 0.5) is 10.5 Å². The Morgan fingerprint density at radius 3 is 2.32 bits per heavy atom. The number of amides is 2. The highest BCUT2D eigenvalue weighted by Crippen LogP contribution is 2.16. The van der Waals surface area contributed by atoms with Crippen LogP contribution in [0.15, 0.2) is 77.0 Å². The number of primary sulfonamides is 1. The van der Waals surface area contributed by atoms with Gasteiger partial charge in [0.2, 0.25) is 10.0 Å². The van der Waals surface area contributed by atoms with E-state index in [0.717, 1.165) is 16.9 Å². The number of benzene rings is 2. The molecule has 1 aromatic heterocycles. The van der Waals surface area contributed by atoms with Crippen LogP contribution < -0.4 is 10.5 Å². The van der Waals surface area contributed by atoms with Crippen molar-refractivity contribution in [2.45, 2.75) is 17.9 Å². The number of carbonyl (C=O) groups is 1. The smallest absolute Gasteiger partial charge is 0.319 e. The van der Waals surface area contributed by atoms with Crippen molar-refractivity contribution in [1.82, 2.24) is 4.90 Å². The van der Waals surface area contributed by atoms with Gasteiger partial charge in [-0.2, -0.15) is 0 Å². The Labute approximate surface area is 168 Å². The van der Waals surface area contributed by atoms with Crippen LogP contribution in [-0.2, 0) is 23.0 Å². The van der Waals surface area contributed by atoms with Gasteiger partial charge in [0.15, 0.2) is 0 Å². The SMILES string of the molecule is NS(=O)(=O)c1ccc(NC(=O)N(CCc2ccccc2)Cc2cccs2)cc1. The molecule has 146 valence electrons. The Hall–Kier alpha value is -2.68. The Balaban J connectivity index is 1.70. The number of hydrogen-bond donors (Lipinski definition) is 2. The van der Waals surface area contributed by atoms with Gasteiger partial charge in [-0.25, -0.2) is 18.4 Å². The molecule has 0 atom stereocenters. The summed E-state index contributed by atoms with van der Waals surface area (Å²) in [5, 5.41) is 9.91. The largest absolute Gasteiger partial charge is 0.322 e. The van der Waals surface area contributed by atoms with Crippen LogP contribution in [0.5, 0.6) is 0 Å². The van der Waals surface area contributed by atoms with E-state index in [1.165, 1.54) is 24.3 Å². The molecule has 28 heavy (non-hydrogen) atoms. The number of urea groups is 1. The molecule has 0 saturated carbocycles. The monoisotopic (exact) mass is 415 g/mol. The van der Waals surface area contributed by atoms with Crippen LogP contribution in [0, 0.1) is 0 Å². The summed E-state index contributed by atoms with van der Waals surface area (Å²) in [6.45, 7) is 1.06. The molecule has 3 rings (SSSR count). The quantitative estimate of drug-likeness (QED) is 0.617. The Bertz CT molecular complexity index is 1000. The van der Waals surface area contributed by atoms with E-state index in [1.807, 2.05) is 47.8 Å². The molecule has 0 saturated heterocycles. The number of carbonyl (C=O) groups excluding carboxylic acids is 1. The maximum atomic E-state index is 12.8. The molecular formula is C20H21N3O3S2. The molecule has 6 nitrogen and oxygen atoms in total. The zero-order valence-corrected chi connectivity index (χ0v) is 16.7. The first-order valence-corrected chi connectivity index (χ1v) is 11.1. The van der Waals surface area contributed by atoms with Crippen molar-refractivity contribution in [3.63, 3.8) is 0 Å². The molecule has 0 radical (unpaired) electrons. The molecule has 0 spiro atoms. The zero-order valence-electron chi connectivity index (χ0n) is 15.1. The Morgan fingerprint density at radius 2 is 1.71 bits per heavy atom. The van der Waals surface area contributed by atoms with Crippen molar-refractivity contribution in [2.75, 3.05) is 11.9 Å². The molecule has 3 N–H and O–H groups in total. The number of anilines is 1. The van der Waals surface area contributed by atoms with Crippen LogP contribution in [-0.4, -0.2) is 25.9 Å². The predicted molar refractivity (Wildman–Crippen MR) is 112 cm³/mol. The molecular weight excluding hydrogens is 394 g/mol. The minimum absolute atomic E-state index is 0.00465. The van der Waals surface area contributed by atoms with Crippen molar-refractivity contribution in [1.29, 1.82) is 0 Å². The maximum Gasteiger partial charge on any atom is 0.322 e. The summed E-state index contributed by atoms with van der Waals surface area (Å²) in [4.78, 5) is 15.7. The number of nitrogens with one attached hydrogen (secondary N) is 1. The van der Waals surface area contributed by atoms with E-state index in [1.54, 1.807) is 16.2 Å². The van der Waals surface area contributed by atoms with E-state index in [2.05, 4.69) is 5.32 Å². The second kappa shape index (κ2) is 9.01. The maximum absolute atomic E-state index is 12.8. The summed E-state index contributed by atoms with van der Waals surface area (Å²) in [6.07, 6.45) is 0.740. The van der Waals surface area contributed by atoms with Gasteiger partial charge in [-0.1, -0.05) is 36.4 Å². The van der Waals surface area contributed by atoms with E-state index in [-0.39, 0.29) is 10.9 Å². The predicted octanol–water partition coefficient (Wildman–Crippen LogP) is 3.67. The number of hydrogen-bond acceptors (Lipinski definition) is 4. The third-order valence-electron chi connectivity index (χ3n) is 4.16. The molecule has 3 aromatic rings. The Morgan fingerprint density at radius 1 is 1.00 bits per heavy atom. The number of sulfonamides is 1. The van der Waals surface area contributed by atoms with E-state index < -0.39 is 10.0 Å². The molecule has 0 unspecified atom stereocenters. The first-order valence-electron chi connectivity index (χ1n) is 8.67. The molecule has 0 bridgehead atoms. The summed E-state index contributed by atoms with van der Waals surface area (Å²) in [7, 11) is -3.76. The van der Waals surface area contributed by atoms with Gasteiger partial charge >= 0.3 is 6.03 Å². The minimum atomic E-state index is -3.76. The van der Waals surface area contributed by atoms with E-state index in [4.69, 9.17) is 5.14 Å². The van der Waals surface area contributed by atoms with Crippen LogP contribution in [0.25, 0.3) is 0 Å². The topological polar surface area (TPSA) is 92.5 Å². The van der Waals surface area contributed by atoms with Gasteiger partial charge in [-0.05, 0) is 47.7 Å². The summed E-state index contributed by atoms with van der Waals surface area (Å²) in [5.41, 5.74) is 1.66. The van der Waals surface area contributed by atoms with Crippen molar-refractivity contribution in [3.8, 4) is 0 Å². The summed E-state index contributed by atoms with van der Waals surface area (Å²) >= 11 is 1.60. The molecule has 2 amide bonds. The van der Waals surface area contributed by atoms with Gasteiger partial charge in [0, 0.05) is 17.1 Å². The average Bonchev–Trinajstić information content (AvgIpc) is 3.19. The highest BCUT2D eigenvalue weighted by molar-refractivity contribution is 7.89. The molecule has 8 heteroatoms. The van der Waals surface area contributed by atoms with Gasteiger partial charge < -0.3 is 10.2 Å². The fourth-order valence-electron chi connectivity index (χ4n) is 2.68. The third-order valence-corrected chi connectivity index (χ3v) is 5.95. The van der Waals surface area contributed by atoms with Crippen molar-refractivity contribution >= 4 is 33.1 Å². The standard InChI is InChI=1S/C20H21N3O3S2/c21-28(25,26)19-10-8-17(9-11-19)22-20(24)23(15-18-7-4-14-27-18)13-12-16-5-2-1-3-6-16/h1-11,14H,12-13,15H2,(H,22,24)(H2,21,25,26). The Kier molecular flexibility index (Phi) is 6.45. The number of nitrogens with zero attached hydrogens (tertiary/aromatic N) is 1. The summed E-state index contributed by atoms with van der Waals surface area (Å²) < 4.78 is 22.7. The van der Waals surface area contributed by atoms with Gasteiger partial charge in [0.05, 0.1) is 11.4 Å². The highest BCUT2D eigenvalue weighted by atomic mass is 32.2. The van der Waals surface area contributed by atoms with Crippen LogP contribution in [0.1, 0.15) is 10.4 Å². The van der Waals surface area contributed by atoms with Crippen LogP contribution in [0.2, 0.25) is 0 Å². The minimum Gasteiger partial charge on any atom is -0.319 e. The first kappa shape index (κ1) is 20.1. The van der Waals surface area contributed by atoms with E-state index in [0.29, 0.717) is 18.8 Å². The molecule has 0 aliphatic rings. The fraction of sp³-hybridized carbons (Fsp3) is 0.150. The molecule has 0 fully saturated rings. The lowest BCUT2D eigenvalue weighted by molar-refractivity contribution is 0.210. The van der Waals surface area contributed by atoms with Crippen molar-refractivity contribution in [2.24, 2.45) is 5.14 Å².